The Balaban J connectivity index is 1.69. The molecule has 0 aliphatic heterocycles. The lowest BCUT2D eigenvalue weighted by molar-refractivity contribution is 0.602. The number of benzene rings is 1. The third kappa shape index (κ3) is 3.25. The summed E-state index contributed by atoms with van der Waals surface area (Å²) >= 11 is 2.70. The molecule has 8 nitrogen and oxygen atoms in total. The van der Waals surface area contributed by atoms with Gasteiger partial charge >= 0.3 is 0 Å². The minimum absolute atomic E-state index is 0.278. The molecule has 25 heavy (non-hydrogen) atoms. The number of fused-ring (bicyclic) bond motifs is 1. The number of hydrogen-bond donors (Lipinski definition) is 0. The molecule has 0 radical (unpaired) electrons. The minimum atomic E-state index is -3.25. The molecule has 0 amide bonds. The highest BCUT2D eigenvalue weighted by atomic mass is 32.2. The van der Waals surface area contributed by atoms with Crippen LogP contribution in [0.4, 0.5) is 0 Å². The molecule has 0 fully saturated rings. The van der Waals surface area contributed by atoms with Gasteiger partial charge in [-0.1, -0.05) is 0 Å². The summed E-state index contributed by atoms with van der Waals surface area (Å²) in [5, 5.41) is 12.3. The van der Waals surface area contributed by atoms with Crippen molar-refractivity contribution in [1.29, 1.82) is 0 Å². The summed E-state index contributed by atoms with van der Waals surface area (Å²) in [6.07, 6.45) is 4.53. The second kappa shape index (κ2) is 6.17. The van der Waals surface area contributed by atoms with Crippen LogP contribution in [0.1, 0.15) is 0 Å². The number of tetrazole rings is 1. The molecule has 0 unspecified atom stereocenters. The molecule has 0 saturated heterocycles. The number of sulfone groups is 1. The predicted octanol–water partition coefficient (Wildman–Crippen LogP) is 2.22. The summed E-state index contributed by atoms with van der Waals surface area (Å²) in [5.41, 5.74) is 1.48. The van der Waals surface area contributed by atoms with Crippen LogP contribution in [-0.2, 0) is 9.84 Å². The zero-order valence-corrected chi connectivity index (χ0v) is 15.2. The van der Waals surface area contributed by atoms with E-state index in [-0.39, 0.29) is 4.90 Å². The molecule has 0 saturated carbocycles. The average Bonchev–Trinajstić information content (AvgIpc) is 3.20. The molecule has 11 heteroatoms. The summed E-state index contributed by atoms with van der Waals surface area (Å²) in [6, 6.07) is 8.55. The highest BCUT2D eigenvalue weighted by Gasteiger charge is 2.15. The van der Waals surface area contributed by atoms with Crippen molar-refractivity contribution in [2.45, 2.75) is 14.4 Å². The molecule has 3 heterocycles. The summed E-state index contributed by atoms with van der Waals surface area (Å²) < 4.78 is 26.5. The highest BCUT2D eigenvalue weighted by Crippen LogP contribution is 2.34. The fourth-order valence-corrected chi connectivity index (χ4v) is 4.84. The topological polar surface area (TPSA) is 104 Å². The van der Waals surface area contributed by atoms with Gasteiger partial charge in [0.25, 0.3) is 0 Å². The van der Waals surface area contributed by atoms with Gasteiger partial charge in [0.05, 0.1) is 27.0 Å². The van der Waals surface area contributed by atoms with Gasteiger partial charge in [-0.15, -0.1) is 16.4 Å². The fourth-order valence-electron chi connectivity index (χ4n) is 2.12. The molecule has 0 aliphatic carbocycles. The van der Waals surface area contributed by atoms with E-state index in [1.165, 1.54) is 29.4 Å². The lowest BCUT2D eigenvalue weighted by atomic mass is 10.3. The number of pyridine rings is 1. The summed E-state index contributed by atoms with van der Waals surface area (Å²) in [5.74, 6) is 0. The highest BCUT2D eigenvalue weighted by molar-refractivity contribution is 8.01. The first-order chi connectivity index (χ1) is 12.0. The second-order valence-electron chi connectivity index (χ2n) is 5.07. The number of hydrogen-bond acceptors (Lipinski definition) is 9. The Kier molecular flexibility index (Phi) is 3.98. The first-order valence-electron chi connectivity index (χ1n) is 6.98. The Hall–Kier alpha value is -2.37. The van der Waals surface area contributed by atoms with Crippen molar-refractivity contribution in [2.24, 2.45) is 0 Å². The van der Waals surface area contributed by atoms with Crippen molar-refractivity contribution in [3.63, 3.8) is 0 Å². The normalized spacial score (nSPS) is 11.9. The van der Waals surface area contributed by atoms with E-state index in [2.05, 4.69) is 25.5 Å². The number of nitrogens with zero attached hydrogens (tertiary/aromatic N) is 6. The zero-order valence-electron chi connectivity index (χ0n) is 12.8. The molecule has 3 aromatic heterocycles. The van der Waals surface area contributed by atoms with Crippen LogP contribution in [-0.4, -0.2) is 44.8 Å². The van der Waals surface area contributed by atoms with Crippen LogP contribution in [0.15, 0.2) is 57.1 Å². The Bertz CT molecular complexity index is 1150. The van der Waals surface area contributed by atoms with Gasteiger partial charge in [-0.2, -0.15) is 4.68 Å². The molecule has 0 spiro atoms. The van der Waals surface area contributed by atoms with Crippen LogP contribution >= 0.6 is 23.1 Å². The van der Waals surface area contributed by atoms with Crippen molar-refractivity contribution in [1.82, 2.24) is 30.2 Å². The zero-order chi connectivity index (χ0) is 17.4. The Morgan fingerprint density at radius 1 is 1.24 bits per heavy atom. The van der Waals surface area contributed by atoms with E-state index < -0.39 is 9.84 Å². The molecule has 4 aromatic rings. The fraction of sp³-hybridized carbons (Fsp3) is 0.0714. The van der Waals surface area contributed by atoms with Crippen molar-refractivity contribution in [3.8, 4) is 5.69 Å². The molecule has 0 atom stereocenters. The monoisotopic (exact) mass is 390 g/mol. The van der Waals surface area contributed by atoms with Crippen LogP contribution < -0.4 is 0 Å². The van der Waals surface area contributed by atoms with Crippen molar-refractivity contribution < 1.29 is 8.42 Å². The van der Waals surface area contributed by atoms with E-state index >= 15 is 0 Å². The predicted molar refractivity (Wildman–Crippen MR) is 93.8 cm³/mol. The van der Waals surface area contributed by atoms with Crippen LogP contribution in [0.2, 0.25) is 0 Å². The summed E-state index contributed by atoms with van der Waals surface area (Å²) in [6.45, 7) is 0. The molecule has 0 bridgehead atoms. The third-order valence-corrected chi connectivity index (χ3v) is 6.40. The lowest BCUT2D eigenvalue weighted by Crippen LogP contribution is -1.98. The minimum Gasteiger partial charge on any atom is -0.262 e. The molecule has 0 aliphatic rings. The molecular formula is C14H10N6O2S3. The largest absolute Gasteiger partial charge is 0.262 e. The Morgan fingerprint density at radius 3 is 2.88 bits per heavy atom. The summed E-state index contributed by atoms with van der Waals surface area (Å²) in [4.78, 5) is 8.85. The van der Waals surface area contributed by atoms with Crippen LogP contribution in [0, 0.1) is 0 Å². The van der Waals surface area contributed by atoms with Gasteiger partial charge in [-0.25, -0.2) is 13.4 Å². The Labute approximate surface area is 150 Å². The average molecular weight is 390 g/mol. The van der Waals surface area contributed by atoms with E-state index in [1.54, 1.807) is 41.3 Å². The standard InChI is InChI=1S/C14H10N6O2S3/c1-25(21,22)10-4-5-11-12(7-10)23-14(16-11)24-13-17-18-19-20(13)9-3-2-6-15-8-9/h2-8H,1H3. The maximum atomic E-state index is 11.7. The second-order valence-corrected chi connectivity index (χ2v) is 9.33. The molecule has 0 N–H and O–H groups in total. The van der Waals surface area contributed by atoms with Crippen molar-refractivity contribution in [3.05, 3.63) is 42.7 Å². The van der Waals surface area contributed by atoms with Crippen LogP contribution in [0.3, 0.4) is 0 Å². The molecular weight excluding hydrogens is 380 g/mol. The van der Waals surface area contributed by atoms with Crippen LogP contribution in [0.5, 0.6) is 0 Å². The van der Waals surface area contributed by atoms with E-state index in [9.17, 15) is 8.42 Å². The van der Waals surface area contributed by atoms with Gasteiger partial charge in [0.15, 0.2) is 14.2 Å². The van der Waals surface area contributed by atoms with Gasteiger partial charge in [0, 0.05) is 12.5 Å². The SMILES string of the molecule is CS(=O)(=O)c1ccc2nc(Sc3nnnn3-c3cccnc3)sc2c1. The van der Waals surface area contributed by atoms with Gasteiger partial charge in [-0.3, -0.25) is 4.98 Å². The van der Waals surface area contributed by atoms with Gasteiger partial charge in [0.2, 0.25) is 5.16 Å². The first-order valence-corrected chi connectivity index (χ1v) is 10.5. The van der Waals surface area contributed by atoms with Crippen molar-refractivity contribution in [2.75, 3.05) is 6.26 Å². The number of aromatic nitrogens is 6. The van der Waals surface area contributed by atoms with E-state index in [0.29, 0.717) is 5.16 Å². The molecule has 126 valence electrons. The van der Waals surface area contributed by atoms with E-state index in [4.69, 9.17) is 0 Å². The quantitative estimate of drug-likeness (QED) is 0.522. The Morgan fingerprint density at radius 2 is 2.12 bits per heavy atom. The third-order valence-electron chi connectivity index (χ3n) is 3.28. The maximum absolute atomic E-state index is 11.7. The van der Waals surface area contributed by atoms with E-state index in [0.717, 1.165) is 20.2 Å². The first kappa shape index (κ1) is 16.1. The molecule has 1 aromatic carbocycles. The van der Waals surface area contributed by atoms with Gasteiger partial charge < -0.3 is 0 Å². The summed E-state index contributed by atoms with van der Waals surface area (Å²) in [7, 11) is -3.25. The van der Waals surface area contributed by atoms with Gasteiger partial charge in [-0.05, 0) is 52.5 Å². The lowest BCUT2D eigenvalue weighted by Gasteiger charge is -2.00. The maximum Gasteiger partial charge on any atom is 0.221 e. The van der Waals surface area contributed by atoms with Crippen molar-refractivity contribution >= 4 is 43.2 Å². The van der Waals surface area contributed by atoms with E-state index in [1.807, 2.05) is 6.07 Å². The number of rotatable bonds is 4. The van der Waals surface area contributed by atoms with Gasteiger partial charge in [0.1, 0.15) is 0 Å². The molecule has 4 rings (SSSR count). The number of thiazole rings is 1. The smallest absolute Gasteiger partial charge is 0.221 e. The van der Waals surface area contributed by atoms with Crippen LogP contribution in [0.25, 0.3) is 15.9 Å².